The van der Waals surface area contributed by atoms with E-state index in [2.05, 4.69) is 43.5 Å². The van der Waals surface area contributed by atoms with Crippen molar-refractivity contribution in [3.05, 3.63) is 24.3 Å². The van der Waals surface area contributed by atoms with Crippen LogP contribution in [0.5, 0.6) is 0 Å². The minimum Gasteiger partial charge on any atom is -0.466 e. The molecular weight excluding hydrogens is 803 g/mol. The van der Waals surface area contributed by atoms with Crippen LogP contribution in [0, 0.1) is 0 Å². The minimum absolute atomic E-state index is 0.00176. The molecule has 0 heterocycles. The summed E-state index contributed by atoms with van der Waals surface area (Å²) in [4.78, 5) is 24.4. The Morgan fingerprint density at radius 3 is 1.23 bits per heavy atom. The number of amides is 1. The zero-order valence-corrected chi connectivity index (χ0v) is 43.7. The van der Waals surface area contributed by atoms with Crippen LogP contribution in [0.15, 0.2) is 24.3 Å². The van der Waals surface area contributed by atoms with Crippen LogP contribution in [0.2, 0.25) is 0 Å². The summed E-state index contributed by atoms with van der Waals surface area (Å²) in [7, 11) is 0. The quantitative estimate of drug-likeness (QED) is 0.0321. The molecule has 0 bridgehead atoms. The highest BCUT2D eigenvalue weighted by atomic mass is 16.5. The first-order valence-electron chi connectivity index (χ1n) is 29.1. The molecule has 6 heteroatoms. The summed E-state index contributed by atoms with van der Waals surface area (Å²) in [5, 5.41) is 23.1. The number of rotatable bonds is 54. The Labute approximate surface area is 405 Å². The maximum atomic E-state index is 12.4. The van der Waals surface area contributed by atoms with Gasteiger partial charge in [0.1, 0.15) is 0 Å². The van der Waals surface area contributed by atoms with E-state index in [0.29, 0.717) is 25.9 Å². The van der Waals surface area contributed by atoms with Gasteiger partial charge in [0.05, 0.1) is 25.4 Å². The summed E-state index contributed by atoms with van der Waals surface area (Å²) in [5.41, 5.74) is 0. The first-order chi connectivity index (χ1) is 32.0. The number of aliphatic hydroxyl groups excluding tert-OH is 2. The zero-order chi connectivity index (χ0) is 47.2. The Hall–Kier alpha value is -1.66. The van der Waals surface area contributed by atoms with E-state index in [9.17, 15) is 19.8 Å². The molecule has 2 atom stereocenters. The van der Waals surface area contributed by atoms with Crippen molar-refractivity contribution in [1.29, 1.82) is 0 Å². The number of unbranched alkanes of at least 4 members (excludes halogenated alkanes) is 39. The average molecular weight is 917 g/mol. The van der Waals surface area contributed by atoms with Gasteiger partial charge in [-0.2, -0.15) is 0 Å². The number of nitrogens with one attached hydrogen (secondary N) is 1. The fourth-order valence-electron chi connectivity index (χ4n) is 9.03. The summed E-state index contributed by atoms with van der Waals surface area (Å²) in [6, 6.07) is -0.537. The Morgan fingerprint density at radius 1 is 0.431 bits per heavy atom. The van der Waals surface area contributed by atoms with E-state index in [1.165, 1.54) is 231 Å². The third-order valence-electron chi connectivity index (χ3n) is 13.5. The lowest BCUT2D eigenvalue weighted by molar-refractivity contribution is -0.143. The van der Waals surface area contributed by atoms with Gasteiger partial charge in [-0.3, -0.25) is 9.59 Å². The Kier molecular flexibility index (Phi) is 53.5. The van der Waals surface area contributed by atoms with E-state index >= 15 is 0 Å². The second kappa shape index (κ2) is 54.9. The highest BCUT2D eigenvalue weighted by Crippen LogP contribution is 2.18. The summed E-state index contributed by atoms with van der Waals surface area (Å²) >= 11 is 0. The van der Waals surface area contributed by atoms with Crippen LogP contribution in [0.3, 0.4) is 0 Å². The van der Waals surface area contributed by atoms with Crippen molar-refractivity contribution >= 4 is 11.9 Å². The monoisotopic (exact) mass is 916 g/mol. The molecule has 0 aliphatic rings. The predicted molar refractivity (Wildman–Crippen MR) is 283 cm³/mol. The SMILES string of the molecule is CCC/C=C\C/C=C\CCCCCCCC(=O)OCCCCCCCCCCCCCCCCCCCCCCCCCCCCC(=O)NC(CO)C(O)CCCCCCCCCCC. The normalized spacial score (nSPS) is 12.7. The third-order valence-corrected chi connectivity index (χ3v) is 13.5. The van der Waals surface area contributed by atoms with Gasteiger partial charge in [0.25, 0.3) is 0 Å². The second-order valence-corrected chi connectivity index (χ2v) is 20.0. The van der Waals surface area contributed by atoms with E-state index in [1.54, 1.807) is 0 Å². The number of hydrogen-bond donors (Lipinski definition) is 3. The van der Waals surface area contributed by atoms with E-state index in [0.717, 1.165) is 51.4 Å². The van der Waals surface area contributed by atoms with Crippen LogP contribution < -0.4 is 5.32 Å². The minimum atomic E-state index is -0.660. The first kappa shape index (κ1) is 63.3. The van der Waals surface area contributed by atoms with E-state index in [4.69, 9.17) is 4.74 Å². The molecule has 2 unspecified atom stereocenters. The van der Waals surface area contributed by atoms with Gasteiger partial charge in [0.2, 0.25) is 5.91 Å². The van der Waals surface area contributed by atoms with Gasteiger partial charge >= 0.3 is 5.97 Å². The number of ether oxygens (including phenoxy) is 1. The van der Waals surface area contributed by atoms with E-state index in [1.807, 2.05) is 0 Å². The van der Waals surface area contributed by atoms with Crippen LogP contribution in [-0.4, -0.2) is 47.4 Å². The summed E-state index contributed by atoms with van der Waals surface area (Å²) in [6.07, 6.45) is 66.2. The smallest absolute Gasteiger partial charge is 0.305 e. The number of hydrogen-bond acceptors (Lipinski definition) is 5. The number of aliphatic hydroxyl groups is 2. The van der Waals surface area contributed by atoms with Crippen molar-refractivity contribution in [1.82, 2.24) is 5.32 Å². The molecule has 0 aromatic heterocycles. The summed E-state index contributed by atoms with van der Waals surface area (Å²) in [5.74, 6) is -0.0328. The summed E-state index contributed by atoms with van der Waals surface area (Å²) < 4.78 is 5.47. The van der Waals surface area contributed by atoms with Gasteiger partial charge in [-0.15, -0.1) is 0 Å². The Balaban J connectivity index is 3.32. The Morgan fingerprint density at radius 2 is 0.800 bits per heavy atom. The van der Waals surface area contributed by atoms with Gasteiger partial charge in [0, 0.05) is 12.8 Å². The topological polar surface area (TPSA) is 95.9 Å². The Bertz CT molecular complexity index is 1010. The molecule has 0 aliphatic heterocycles. The molecule has 0 spiro atoms. The maximum absolute atomic E-state index is 12.4. The number of carbonyl (C=O) groups is 2. The molecule has 1 amide bonds. The fourth-order valence-corrected chi connectivity index (χ4v) is 9.03. The number of carbonyl (C=O) groups excluding carboxylic acids is 2. The highest BCUT2D eigenvalue weighted by Gasteiger charge is 2.20. The van der Waals surface area contributed by atoms with Crippen LogP contribution >= 0.6 is 0 Å². The van der Waals surface area contributed by atoms with Gasteiger partial charge in [-0.05, 0) is 51.4 Å². The maximum Gasteiger partial charge on any atom is 0.305 e. The molecular formula is C59H113NO5. The molecule has 0 fully saturated rings. The van der Waals surface area contributed by atoms with E-state index < -0.39 is 12.1 Å². The fraction of sp³-hybridized carbons (Fsp3) is 0.898. The largest absolute Gasteiger partial charge is 0.466 e. The van der Waals surface area contributed by atoms with Crippen LogP contribution in [0.1, 0.15) is 316 Å². The first-order valence-corrected chi connectivity index (χ1v) is 29.1. The molecule has 0 rings (SSSR count). The lowest BCUT2D eigenvalue weighted by Crippen LogP contribution is -2.45. The van der Waals surface area contributed by atoms with Gasteiger partial charge in [-0.25, -0.2) is 0 Å². The van der Waals surface area contributed by atoms with Crippen LogP contribution in [0.4, 0.5) is 0 Å². The molecule has 384 valence electrons. The highest BCUT2D eigenvalue weighted by molar-refractivity contribution is 5.76. The van der Waals surface area contributed by atoms with Crippen LogP contribution in [0.25, 0.3) is 0 Å². The molecule has 6 nitrogen and oxygen atoms in total. The van der Waals surface area contributed by atoms with Gasteiger partial charge in [0.15, 0.2) is 0 Å². The number of esters is 1. The summed E-state index contributed by atoms with van der Waals surface area (Å²) in [6.45, 7) is 4.87. The molecule has 0 aromatic carbocycles. The zero-order valence-electron chi connectivity index (χ0n) is 43.7. The van der Waals surface area contributed by atoms with Crippen molar-refractivity contribution in [2.45, 2.75) is 328 Å². The second-order valence-electron chi connectivity index (χ2n) is 20.0. The van der Waals surface area contributed by atoms with Crippen LogP contribution in [-0.2, 0) is 14.3 Å². The van der Waals surface area contributed by atoms with Gasteiger partial charge in [-0.1, -0.05) is 276 Å². The predicted octanol–water partition coefficient (Wildman–Crippen LogP) is 17.9. The van der Waals surface area contributed by atoms with Crippen molar-refractivity contribution in [3.63, 3.8) is 0 Å². The lowest BCUT2D eigenvalue weighted by Gasteiger charge is -2.22. The molecule has 0 saturated carbocycles. The van der Waals surface area contributed by atoms with Gasteiger partial charge < -0.3 is 20.3 Å². The molecule has 65 heavy (non-hydrogen) atoms. The van der Waals surface area contributed by atoms with Crippen molar-refractivity contribution < 1.29 is 24.5 Å². The van der Waals surface area contributed by atoms with Crippen molar-refractivity contribution in [3.8, 4) is 0 Å². The third kappa shape index (κ3) is 51.6. The van der Waals surface area contributed by atoms with Crippen molar-refractivity contribution in [2.24, 2.45) is 0 Å². The molecule has 0 saturated heterocycles. The standard InChI is InChI=1S/C59H113NO5/c1-3-5-7-9-11-13-14-29-33-37-41-45-49-53-59(64)65-54-50-46-42-38-34-31-28-26-24-22-20-18-16-15-17-19-21-23-25-27-30-32-36-40-44-48-52-58(63)60-56(55-61)57(62)51-47-43-39-35-12-10-8-6-4-2/h7,9,13-14,56-57,61-62H,3-6,8,10-12,15-55H2,1-2H3,(H,60,63)/b9-7-,14-13-. The molecule has 0 aliphatic carbocycles. The molecule has 0 radical (unpaired) electrons. The van der Waals surface area contributed by atoms with Crippen molar-refractivity contribution in [2.75, 3.05) is 13.2 Å². The lowest BCUT2D eigenvalue weighted by atomic mass is 10.0. The molecule has 3 N–H and O–H groups in total. The number of allylic oxidation sites excluding steroid dienone is 4. The average Bonchev–Trinajstić information content (AvgIpc) is 3.31. The van der Waals surface area contributed by atoms with E-state index in [-0.39, 0.29) is 18.5 Å². The molecule has 0 aromatic rings.